The van der Waals surface area contributed by atoms with Crippen molar-refractivity contribution in [1.82, 2.24) is 14.4 Å². The Morgan fingerprint density at radius 1 is 1.05 bits per heavy atom. The molecule has 2 aromatic heterocycles. The zero-order valence-electron chi connectivity index (χ0n) is 21.9. The highest BCUT2D eigenvalue weighted by atomic mass is 19.4. The Morgan fingerprint density at radius 3 is 2.41 bits per heavy atom. The van der Waals surface area contributed by atoms with Crippen LogP contribution in [0.3, 0.4) is 0 Å². The number of hydrogen-bond acceptors (Lipinski definition) is 6. The first-order valence-electron chi connectivity index (χ1n) is 13.1. The van der Waals surface area contributed by atoms with Crippen LogP contribution in [0.4, 0.5) is 19.0 Å². The smallest absolute Gasteiger partial charge is 0.416 e. The molecule has 8 nitrogen and oxygen atoms in total. The number of nitrogens with two attached hydrogens (primary N) is 1. The number of aliphatic carboxylic acids is 1. The van der Waals surface area contributed by atoms with Crippen molar-refractivity contribution in [1.29, 1.82) is 0 Å². The lowest BCUT2D eigenvalue weighted by molar-refractivity contribution is -0.168. The highest BCUT2D eigenvalue weighted by molar-refractivity contribution is 6.14. The van der Waals surface area contributed by atoms with E-state index in [1.165, 1.54) is 12.3 Å². The number of anilines is 1. The number of hydrogen-bond donors (Lipinski definition) is 2. The SMILES string of the molecule is C[C@@H](c1ccc(-c2nc(C34CCC(C(=O)O)(CC3=O)C(=O)C4)n3ccnc(N)c23)cc1)c1cccc(C(F)(F)F)c1. The molecule has 11 heteroatoms. The van der Waals surface area contributed by atoms with Gasteiger partial charge in [-0.2, -0.15) is 13.2 Å². The van der Waals surface area contributed by atoms with Crippen LogP contribution < -0.4 is 5.73 Å². The molecule has 3 aliphatic carbocycles. The lowest BCUT2D eigenvalue weighted by atomic mass is 9.52. The molecule has 210 valence electrons. The molecule has 2 unspecified atom stereocenters. The maximum absolute atomic E-state index is 13.5. The van der Waals surface area contributed by atoms with Crippen LogP contribution in [0.15, 0.2) is 60.9 Å². The summed E-state index contributed by atoms with van der Waals surface area (Å²) in [5.41, 5.74) is 5.41. The fourth-order valence-electron chi connectivity index (χ4n) is 6.29. The van der Waals surface area contributed by atoms with Crippen LogP contribution in [0.5, 0.6) is 0 Å². The summed E-state index contributed by atoms with van der Waals surface area (Å²) in [4.78, 5) is 47.5. The number of carbonyl (C=O) groups excluding carboxylic acids is 2. The summed E-state index contributed by atoms with van der Waals surface area (Å²) in [6, 6.07) is 12.4. The summed E-state index contributed by atoms with van der Waals surface area (Å²) >= 11 is 0. The molecule has 3 atom stereocenters. The van der Waals surface area contributed by atoms with E-state index in [1.807, 2.05) is 6.92 Å². The monoisotopic (exact) mass is 562 g/mol. The number of ketones is 2. The third-order valence-corrected chi connectivity index (χ3v) is 8.79. The second-order valence-electron chi connectivity index (χ2n) is 11.0. The first-order valence-corrected chi connectivity index (χ1v) is 13.1. The lowest BCUT2D eigenvalue weighted by Gasteiger charge is -2.47. The Hall–Kier alpha value is -4.54. The van der Waals surface area contributed by atoms with Crippen molar-refractivity contribution in [2.75, 3.05) is 5.73 Å². The zero-order chi connectivity index (χ0) is 29.3. The van der Waals surface area contributed by atoms with E-state index in [4.69, 9.17) is 10.7 Å². The molecule has 3 aliphatic rings. The van der Waals surface area contributed by atoms with Gasteiger partial charge in [0.1, 0.15) is 34.1 Å². The topological polar surface area (TPSA) is 128 Å². The van der Waals surface area contributed by atoms with Gasteiger partial charge in [0.2, 0.25) is 0 Å². The molecule has 3 saturated carbocycles. The van der Waals surface area contributed by atoms with Crippen molar-refractivity contribution in [3.8, 4) is 11.3 Å². The average Bonchev–Trinajstić information content (AvgIpc) is 3.35. The molecule has 4 aromatic rings. The number of fused-ring (bicyclic) bond motifs is 4. The van der Waals surface area contributed by atoms with Crippen LogP contribution in [-0.2, 0) is 26.0 Å². The van der Waals surface area contributed by atoms with Crippen LogP contribution in [0.2, 0.25) is 0 Å². The standard InChI is InChI=1S/C30H25F3N4O4/c1-16(19-3-2-4-20(13-19)30(31,32)33)17-5-7-18(8-6-17)23-24-25(34)35-11-12-37(24)26(36-23)28-9-10-29(27(40)41,15-21(28)38)22(39)14-28/h2-8,11-13,16H,9-10,14-15H2,1H3,(H2,34,35)(H,40,41)/t16-,28?,29?/m0/s1. The summed E-state index contributed by atoms with van der Waals surface area (Å²) < 4.78 is 41.4. The van der Waals surface area contributed by atoms with Crippen LogP contribution in [0, 0.1) is 5.41 Å². The predicted octanol–water partition coefficient (Wildman–Crippen LogP) is 5.18. The largest absolute Gasteiger partial charge is 0.480 e. The van der Waals surface area contributed by atoms with Crippen LogP contribution >= 0.6 is 0 Å². The Morgan fingerprint density at radius 2 is 1.78 bits per heavy atom. The minimum atomic E-state index is -4.44. The van der Waals surface area contributed by atoms with Crippen molar-refractivity contribution in [2.24, 2.45) is 5.41 Å². The number of carboxylic acids is 1. The van der Waals surface area contributed by atoms with Gasteiger partial charge in [-0.3, -0.25) is 18.8 Å². The van der Waals surface area contributed by atoms with E-state index in [0.717, 1.165) is 17.7 Å². The second kappa shape index (κ2) is 8.98. The normalized spacial score (nSPS) is 23.2. The van der Waals surface area contributed by atoms with Crippen molar-refractivity contribution >= 4 is 28.9 Å². The van der Waals surface area contributed by atoms with E-state index in [9.17, 15) is 32.7 Å². The fraction of sp³-hybridized carbons (Fsp3) is 0.300. The predicted molar refractivity (Wildman–Crippen MR) is 142 cm³/mol. The van der Waals surface area contributed by atoms with E-state index < -0.39 is 34.3 Å². The summed E-state index contributed by atoms with van der Waals surface area (Å²) in [7, 11) is 0. The van der Waals surface area contributed by atoms with E-state index in [2.05, 4.69) is 4.98 Å². The molecule has 3 fully saturated rings. The molecule has 0 amide bonds. The van der Waals surface area contributed by atoms with Crippen molar-refractivity contribution in [2.45, 2.75) is 50.1 Å². The molecular weight excluding hydrogens is 537 g/mol. The summed E-state index contributed by atoms with van der Waals surface area (Å²) in [5.74, 6) is -1.95. The number of aromatic nitrogens is 3. The molecular formula is C30H25F3N4O4. The quantitative estimate of drug-likeness (QED) is 0.321. The Kier molecular flexibility index (Phi) is 5.84. The molecule has 0 radical (unpaired) electrons. The number of rotatable bonds is 5. The van der Waals surface area contributed by atoms with E-state index in [1.54, 1.807) is 40.9 Å². The summed E-state index contributed by atoms with van der Waals surface area (Å²) in [6.07, 6.45) is -1.79. The van der Waals surface area contributed by atoms with Gasteiger partial charge in [-0.05, 0) is 30.0 Å². The van der Waals surface area contributed by atoms with Gasteiger partial charge in [0.25, 0.3) is 0 Å². The number of imidazole rings is 1. The first-order chi connectivity index (χ1) is 19.4. The molecule has 2 aromatic carbocycles. The summed E-state index contributed by atoms with van der Waals surface area (Å²) in [6.45, 7) is 1.82. The molecule has 7 rings (SSSR count). The minimum absolute atomic E-state index is 0.0415. The Labute approximate surface area is 232 Å². The highest BCUT2D eigenvalue weighted by Gasteiger charge is 2.64. The van der Waals surface area contributed by atoms with Gasteiger partial charge in [0.05, 0.1) is 11.0 Å². The number of carboxylic acid groups (broad SMARTS) is 1. The number of carbonyl (C=O) groups is 3. The van der Waals surface area contributed by atoms with E-state index >= 15 is 0 Å². The number of benzene rings is 2. The third-order valence-electron chi connectivity index (χ3n) is 8.79. The van der Waals surface area contributed by atoms with Gasteiger partial charge >= 0.3 is 12.1 Å². The zero-order valence-corrected chi connectivity index (χ0v) is 21.9. The van der Waals surface area contributed by atoms with E-state index in [-0.39, 0.29) is 43.2 Å². The number of alkyl halides is 3. The van der Waals surface area contributed by atoms with Gasteiger partial charge < -0.3 is 10.8 Å². The highest BCUT2D eigenvalue weighted by Crippen LogP contribution is 2.54. The van der Waals surface area contributed by atoms with Crippen LogP contribution in [0.25, 0.3) is 16.8 Å². The van der Waals surface area contributed by atoms with Gasteiger partial charge in [-0.1, -0.05) is 49.4 Å². The number of Topliss-reactive ketones (excluding diaryl/α,β-unsaturated/α-hetero) is 2. The average molecular weight is 563 g/mol. The van der Waals surface area contributed by atoms with Gasteiger partial charge in [0.15, 0.2) is 5.78 Å². The Balaban J connectivity index is 1.40. The maximum atomic E-state index is 13.5. The fourth-order valence-corrected chi connectivity index (χ4v) is 6.29. The molecule has 0 saturated heterocycles. The van der Waals surface area contributed by atoms with Gasteiger partial charge in [0, 0.05) is 36.7 Å². The maximum Gasteiger partial charge on any atom is 0.416 e. The lowest BCUT2D eigenvalue weighted by Crippen LogP contribution is -2.59. The van der Waals surface area contributed by atoms with E-state index in [0.29, 0.717) is 28.2 Å². The van der Waals surface area contributed by atoms with Crippen molar-refractivity contribution in [3.63, 3.8) is 0 Å². The number of nitrogens with zero attached hydrogens (tertiary/aromatic N) is 3. The molecule has 2 heterocycles. The van der Waals surface area contributed by atoms with Crippen molar-refractivity contribution < 1.29 is 32.7 Å². The van der Waals surface area contributed by atoms with Crippen LogP contribution in [0.1, 0.15) is 61.0 Å². The molecule has 0 spiro atoms. The van der Waals surface area contributed by atoms with Crippen LogP contribution in [-0.4, -0.2) is 37.0 Å². The molecule has 3 N–H and O–H groups in total. The van der Waals surface area contributed by atoms with Gasteiger partial charge in [-0.25, -0.2) is 9.97 Å². The first kappa shape index (κ1) is 26.7. The summed E-state index contributed by atoms with van der Waals surface area (Å²) in [5, 5.41) is 9.73. The minimum Gasteiger partial charge on any atom is -0.480 e. The second-order valence-corrected chi connectivity index (χ2v) is 11.0. The molecule has 0 aliphatic heterocycles. The number of halogens is 3. The Bertz CT molecular complexity index is 1750. The third kappa shape index (κ3) is 3.93. The molecule has 41 heavy (non-hydrogen) atoms. The van der Waals surface area contributed by atoms with Gasteiger partial charge in [-0.15, -0.1) is 0 Å². The van der Waals surface area contributed by atoms with Crippen molar-refractivity contribution in [3.05, 3.63) is 83.4 Å². The molecule has 2 bridgehead atoms. The number of nitrogen functional groups attached to an aromatic ring is 1.